The average molecular weight is 601 g/mol. The predicted molar refractivity (Wildman–Crippen MR) is 158 cm³/mol. The van der Waals surface area contributed by atoms with Gasteiger partial charge in [-0.15, -0.1) is 0 Å². The lowest BCUT2D eigenvalue weighted by molar-refractivity contribution is -0.142. The minimum absolute atomic E-state index is 0.0390. The molecule has 2 aliphatic rings. The number of imidazole rings is 1. The van der Waals surface area contributed by atoms with Gasteiger partial charge in [-0.2, -0.15) is 4.98 Å². The fourth-order valence-corrected chi connectivity index (χ4v) is 5.76. The summed E-state index contributed by atoms with van der Waals surface area (Å²) in [6.07, 6.45) is 3.17. The quantitative estimate of drug-likeness (QED) is 0.385. The third-order valence-corrected chi connectivity index (χ3v) is 8.04. The highest BCUT2D eigenvalue weighted by Crippen LogP contribution is 2.35. The summed E-state index contributed by atoms with van der Waals surface area (Å²) >= 11 is 6.46. The van der Waals surface area contributed by atoms with Crippen LogP contribution in [0.3, 0.4) is 0 Å². The molecule has 2 saturated heterocycles. The maximum atomic E-state index is 15.2. The number of hydrogen-bond donors (Lipinski definition) is 0. The van der Waals surface area contributed by atoms with Crippen LogP contribution in [0.25, 0.3) is 5.65 Å². The van der Waals surface area contributed by atoms with Crippen molar-refractivity contribution in [1.82, 2.24) is 29.2 Å². The molecule has 0 spiro atoms. The Hall–Kier alpha value is -3.67. The van der Waals surface area contributed by atoms with E-state index in [1.165, 1.54) is 16.0 Å². The molecule has 5 heterocycles. The summed E-state index contributed by atoms with van der Waals surface area (Å²) in [5.41, 5.74) is 0.503. The fraction of sp³-hybridized carbons (Fsp3) is 0.552. The molecule has 3 aromatic rings. The summed E-state index contributed by atoms with van der Waals surface area (Å²) in [5.74, 6) is 0.433. The molecule has 13 heteroatoms. The van der Waals surface area contributed by atoms with Gasteiger partial charge in [-0.1, -0.05) is 17.7 Å². The van der Waals surface area contributed by atoms with E-state index >= 15 is 4.39 Å². The first-order valence-electron chi connectivity index (χ1n) is 14.2. The van der Waals surface area contributed by atoms with Crippen LogP contribution in [-0.2, 0) is 15.1 Å². The molecule has 0 aliphatic carbocycles. The van der Waals surface area contributed by atoms with Crippen LogP contribution in [0.1, 0.15) is 47.2 Å². The van der Waals surface area contributed by atoms with E-state index in [0.29, 0.717) is 30.5 Å². The summed E-state index contributed by atoms with van der Waals surface area (Å²) in [6, 6.07) is 5.82. The molecule has 11 nitrogen and oxygen atoms in total. The molecular formula is C29H38ClFN8O3. The normalized spacial score (nSPS) is 18.3. The topological polar surface area (TPSA) is 99.4 Å². The lowest BCUT2D eigenvalue weighted by Crippen LogP contribution is -2.58. The van der Waals surface area contributed by atoms with Crippen LogP contribution in [0.2, 0.25) is 5.02 Å². The van der Waals surface area contributed by atoms with E-state index in [2.05, 4.69) is 15.0 Å². The molecule has 2 aliphatic heterocycles. The Morgan fingerprint density at radius 1 is 1.10 bits per heavy atom. The van der Waals surface area contributed by atoms with E-state index in [4.69, 9.17) is 16.3 Å². The molecule has 0 N–H and O–H groups in total. The highest BCUT2D eigenvalue weighted by molar-refractivity contribution is 6.32. The molecule has 2 amide bonds. The van der Waals surface area contributed by atoms with Gasteiger partial charge in [0.1, 0.15) is 16.3 Å². The zero-order valence-electron chi connectivity index (χ0n) is 24.9. The zero-order valence-corrected chi connectivity index (χ0v) is 25.7. The zero-order chi connectivity index (χ0) is 30.4. The number of piperazine rings is 1. The summed E-state index contributed by atoms with van der Waals surface area (Å²) in [4.78, 5) is 46.1. The number of fused-ring (bicyclic) bond motifs is 1. The Kier molecular flexibility index (Phi) is 7.95. The molecule has 5 rings (SSSR count). The van der Waals surface area contributed by atoms with Gasteiger partial charge in [-0.25, -0.2) is 19.2 Å². The first kappa shape index (κ1) is 29.8. The second-order valence-electron chi connectivity index (χ2n) is 12.2. The van der Waals surface area contributed by atoms with Gasteiger partial charge in [0.2, 0.25) is 11.9 Å². The molecule has 226 valence electrons. The van der Waals surface area contributed by atoms with Gasteiger partial charge in [0, 0.05) is 38.9 Å². The minimum Gasteiger partial charge on any atom is -0.444 e. The largest absolute Gasteiger partial charge is 0.444 e. The maximum Gasteiger partial charge on any atom is 0.410 e. The van der Waals surface area contributed by atoms with Crippen LogP contribution in [-0.4, -0.2) is 92.3 Å². The van der Waals surface area contributed by atoms with Gasteiger partial charge in [0.25, 0.3) is 0 Å². The SMILES string of the molecule is CCN(C(=O)C1CN(c2nc(N3CCN(C(=O)OC(C)(C)C)C[C@@H]3F)ncc2Cl)C1)C(C)(C)c1cnc2ccccn12. The van der Waals surface area contributed by atoms with Gasteiger partial charge in [0.15, 0.2) is 12.1 Å². The number of alkyl halides is 1. The van der Waals surface area contributed by atoms with Crippen LogP contribution >= 0.6 is 11.6 Å². The lowest BCUT2D eigenvalue weighted by atomic mass is 9.92. The smallest absolute Gasteiger partial charge is 0.410 e. The van der Waals surface area contributed by atoms with Crippen molar-refractivity contribution in [2.24, 2.45) is 5.92 Å². The molecule has 1 atom stereocenters. The number of hydrogen-bond acceptors (Lipinski definition) is 8. The Bertz CT molecular complexity index is 1470. The average Bonchev–Trinajstić information content (AvgIpc) is 3.33. The molecule has 0 radical (unpaired) electrons. The van der Waals surface area contributed by atoms with E-state index in [-0.39, 0.29) is 37.4 Å². The van der Waals surface area contributed by atoms with Crippen molar-refractivity contribution < 1.29 is 18.7 Å². The first-order chi connectivity index (χ1) is 19.8. The number of amides is 2. The third kappa shape index (κ3) is 5.68. The Balaban J connectivity index is 1.25. The van der Waals surface area contributed by atoms with Crippen molar-refractivity contribution >= 4 is 41.0 Å². The van der Waals surface area contributed by atoms with E-state index in [1.54, 1.807) is 20.8 Å². The number of halogens is 2. The molecule has 0 bridgehead atoms. The second-order valence-corrected chi connectivity index (χ2v) is 12.6. The molecule has 3 aromatic heterocycles. The number of rotatable bonds is 6. The van der Waals surface area contributed by atoms with E-state index in [1.807, 2.05) is 65.6 Å². The van der Waals surface area contributed by atoms with Crippen molar-refractivity contribution in [3.05, 3.63) is 47.5 Å². The van der Waals surface area contributed by atoms with E-state index < -0.39 is 23.5 Å². The highest BCUT2D eigenvalue weighted by Gasteiger charge is 2.43. The number of anilines is 2. The van der Waals surface area contributed by atoms with Gasteiger partial charge in [0.05, 0.1) is 36.1 Å². The fourth-order valence-electron chi connectivity index (χ4n) is 5.55. The maximum absolute atomic E-state index is 15.2. The lowest BCUT2D eigenvalue weighted by Gasteiger charge is -2.45. The van der Waals surface area contributed by atoms with Crippen molar-refractivity contribution in [1.29, 1.82) is 0 Å². The van der Waals surface area contributed by atoms with Crippen LogP contribution in [0.4, 0.5) is 21.0 Å². The standard InChI is InChI=1S/C29H38ClFN8O3/c1-7-39(29(5,6)21-15-32-23-10-8-9-11-37(21)23)25(40)19-16-36(17-19)24-20(30)14-33-26(34-24)38-13-12-35(18-22(38)31)27(41)42-28(2,3)4/h8-11,14-15,19,22H,7,12-13,16-18H2,1-6H3/t22-/m1/s1. The molecule has 42 heavy (non-hydrogen) atoms. The van der Waals surface area contributed by atoms with Crippen molar-refractivity contribution in [3.63, 3.8) is 0 Å². The van der Waals surface area contributed by atoms with Crippen LogP contribution < -0.4 is 9.80 Å². The number of carbonyl (C=O) groups excluding carboxylic acids is 2. The molecule has 0 unspecified atom stereocenters. The Labute approximate surface area is 250 Å². The minimum atomic E-state index is -1.51. The van der Waals surface area contributed by atoms with Crippen LogP contribution in [0, 0.1) is 5.92 Å². The molecule has 0 aromatic carbocycles. The van der Waals surface area contributed by atoms with Crippen LogP contribution in [0.5, 0.6) is 0 Å². The van der Waals surface area contributed by atoms with Crippen molar-refractivity contribution in [2.75, 3.05) is 49.1 Å². The summed E-state index contributed by atoms with van der Waals surface area (Å²) in [6.45, 7) is 13.1. The second kappa shape index (κ2) is 11.2. The number of carbonyl (C=O) groups is 2. The molecule has 2 fully saturated rings. The van der Waals surface area contributed by atoms with E-state index in [9.17, 15) is 9.59 Å². The van der Waals surface area contributed by atoms with Gasteiger partial charge in [-0.3, -0.25) is 4.79 Å². The monoisotopic (exact) mass is 600 g/mol. The first-order valence-corrected chi connectivity index (χ1v) is 14.6. The van der Waals surface area contributed by atoms with Crippen LogP contribution in [0.15, 0.2) is 36.8 Å². The van der Waals surface area contributed by atoms with E-state index in [0.717, 1.165) is 11.3 Å². The third-order valence-electron chi connectivity index (χ3n) is 7.77. The predicted octanol–water partition coefficient (Wildman–Crippen LogP) is 4.35. The van der Waals surface area contributed by atoms with Gasteiger partial charge < -0.3 is 28.7 Å². The van der Waals surface area contributed by atoms with Crippen molar-refractivity contribution in [2.45, 2.75) is 59.0 Å². The van der Waals surface area contributed by atoms with Gasteiger partial charge in [-0.05, 0) is 53.7 Å². The summed E-state index contributed by atoms with van der Waals surface area (Å²) in [5, 5.41) is 0.325. The Morgan fingerprint density at radius 2 is 1.83 bits per heavy atom. The molecule has 0 saturated carbocycles. The van der Waals surface area contributed by atoms with Gasteiger partial charge >= 0.3 is 6.09 Å². The summed E-state index contributed by atoms with van der Waals surface area (Å²) in [7, 11) is 0. The van der Waals surface area contributed by atoms with Crippen molar-refractivity contribution in [3.8, 4) is 0 Å². The number of pyridine rings is 1. The number of ether oxygens (including phenoxy) is 1. The number of aromatic nitrogens is 4. The summed E-state index contributed by atoms with van der Waals surface area (Å²) < 4.78 is 22.6. The molecular weight excluding hydrogens is 563 g/mol. The number of nitrogens with zero attached hydrogens (tertiary/aromatic N) is 8. The Morgan fingerprint density at radius 3 is 2.50 bits per heavy atom. The highest BCUT2D eigenvalue weighted by atomic mass is 35.5.